The molecule has 1 aliphatic heterocycles. The molecule has 6 heteroatoms. The zero-order chi connectivity index (χ0) is 25.2. The number of benzene rings is 1. The number of carboxylic acid groups (broad SMARTS) is 1. The molecule has 3 N–H and O–H groups in total. The van der Waals surface area contributed by atoms with Gasteiger partial charge in [0, 0.05) is 17.9 Å². The number of unbranched alkanes of at least 4 members (excludes halogenated alkanes) is 4. The van der Waals surface area contributed by atoms with Crippen LogP contribution in [0.3, 0.4) is 0 Å². The molecule has 2 heterocycles. The number of fused-ring (bicyclic) bond motifs is 1. The Morgan fingerprint density at radius 1 is 0.917 bits per heavy atom. The number of nitrogens with one attached hydrogen (secondary N) is 2. The van der Waals surface area contributed by atoms with Gasteiger partial charge in [-0.2, -0.15) is 0 Å². The molecular weight excluding hydrogens is 450 g/mol. The number of hydrogen-bond donors (Lipinski definition) is 3. The van der Waals surface area contributed by atoms with Gasteiger partial charge in [0.05, 0.1) is 0 Å². The van der Waals surface area contributed by atoms with Crippen molar-refractivity contribution in [1.29, 1.82) is 0 Å². The van der Waals surface area contributed by atoms with Gasteiger partial charge in [0.25, 0.3) is 0 Å². The molecule has 1 unspecified atom stereocenters. The molecule has 0 saturated heterocycles. The predicted molar refractivity (Wildman–Crippen MR) is 144 cm³/mol. The van der Waals surface area contributed by atoms with Crippen LogP contribution in [0.1, 0.15) is 87.4 Å². The molecule has 1 amide bonds. The van der Waals surface area contributed by atoms with Gasteiger partial charge >= 0.3 is 5.97 Å². The highest BCUT2D eigenvalue weighted by atomic mass is 16.4. The van der Waals surface area contributed by atoms with Crippen molar-refractivity contribution < 1.29 is 14.7 Å². The Morgan fingerprint density at radius 3 is 2.53 bits per heavy atom. The molecule has 0 radical (unpaired) electrons. The fourth-order valence-corrected chi connectivity index (χ4v) is 5.30. The van der Waals surface area contributed by atoms with Gasteiger partial charge < -0.3 is 15.7 Å². The van der Waals surface area contributed by atoms with E-state index in [9.17, 15) is 14.7 Å². The highest BCUT2D eigenvalue weighted by Gasteiger charge is 2.27. The number of amides is 1. The first-order chi connectivity index (χ1) is 17.6. The summed E-state index contributed by atoms with van der Waals surface area (Å²) in [4.78, 5) is 29.5. The summed E-state index contributed by atoms with van der Waals surface area (Å²) < 4.78 is 0. The second kappa shape index (κ2) is 13.2. The highest BCUT2D eigenvalue weighted by molar-refractivity contribution is 5.98. The van der Waals surface area contributed by atoms with E-state index in [1.807, 2.05) is 18.2 Å². The Hall–Kier alpha value is -3.15. The summed E-state index contributed by atoms with van der Waals surface area (Å²) in [5.41, 5.74) is 5.61. The molecule has 2 aliphatic rings. The lowest BCUT2D eigenvalue weighted by atomic mass is 9.90. The van der Waals surface area contributed by atoms with Gasteiger partial charge in [-0.15, -0.1) is 0 Å². The molecule has 0 fully saturated rings. The van der Waals surface area contributed by atoms with Gasteiger partial charge in [-0.1, -0.05) is 62.1 Å². The Morgan fingerprint density at radius 2 is 1.69 bits per heavy atom. The summed E-state index contributed by atoms with van der Waals surface area (Å²) in [7, 11) is 0. The third kappa shape index (κ3) is 7.19. The Labute approximate surface area is 214 Å². The molecule has 6 nitrogen and oxygen atoms in total. The van der Waals surface area contributed by atoms with Gasteiger partial charge in [-0.25, -0.2) is 4.98 Å². The van der Waals surface area contributed by atoms with Crippen molar-refractivity contribution in [3.8, 4) is 0 Å². The van der Waals surface area contributed by atoms with Crippen LogP contribution in [-0.2, 0) is 22.4 Å². The van der Waals surface area contributed by atoms with Gasteiger partial charge in [0.15, 0.2) is 0 Å². The van der Waals surface area contributed by atoms with E-state index in [2.05, 4.69) is 34.9 Å². The van der Waals surface area contributed by atoms with Crippen molar-refractivity contribution in [2.24, 2.45) is 5.92 Å². The topological polar surface area (TPSA) is 91.3 Å². The summed E-state index contributed by atoms with van der Waals surface area (Å²) in [5, 5.41) is 16.1. The number of carbonyl (C=O) groups is 2. The first-order valence-corrected chi connectivity index (χ1v) is 13.7. The number of carbonyl (C=O) groups excluding carboxylic acids is 1. The van der Waals surface area contributed by atoms with Crippen molar-refractivity contribution in [2.45, 2.75) is 83.5 Å². The molecule has 1 aliphatic carbocycles. The number of anilines is 1. The number of aliphatic carboxylic acids is 1. The molecule has 36 heavy (non-hydrogen) atoms. The summed E-state index contributed by atoms with van der Waals surface area (Å²) >= 11 is 0. The summed E-state index contributed by atoms with van der Waals surface area (Å²) in [6.45, 7) is 1.00. The first-order valence-electron chi connectivity index (χ1n) is 13.7. The number of aromatic nitrogens is 1. The van der Waals surface area contributed by atoms with Crippen molar-refractivity contribution in [2.75, 3.05) is 11.9 Å². The molecule has 192 valence electrons. The van der Waals surface area contributed by atoms with E-state index in [1.54, 1.807) is 0 Å². The second-order valence-electron chi connectivity index (χ2n) is 10.1. The molecule has 1 atom stereocenters. The smallest absolute Gasteiger partial charge is 0.316 e. The predicted octanol–water partition coefficient (Wildman–Crippen LogP) is 6.13. The molecule has 0 bridgehead atoms. The van der Waals surface area contributed by atoms with Gasteiger partial charge in [0.1, 0.15) is 11.7 Å². The Balaban J connectivity index is 1.20. The van der Waals surface area contributed by atoms with Crippen LogP contribution >= 0.6 is 0 Å². The van der Waals surface area contributed by atoms with Gasteiger partial charge in [0.2, 0.25) is 5.91 Å². The minimum absolute atomic E-state index is 0.375. The minimum Gasteiger partial charge on any atom is -0.481 e. The van der Waals surface area contributed by atoms with Crippen LogP contribution in [0.2, 0.25) is 0 Å². The van der Waals surface area contributed by atoms with E-state index < -0.39 is 11.9 Å². The van der Waals surface area contributed by atoms with E-state index in [0.29, 0.717) is 6.42 Å². The van der Waals surface area contributed by atoms with Crippen molar-refractivity contribution in [1.82, 2.24) is 10.3 Å². The van der Waals surface area contributed by atoms with Gasteiger partial charge in [-0.05, 0) is 80.6 Å². The van der Waals surface area contributed by atoms with Crippen molar-refractivity contribution in [3.63, 3.8) is 0 Å². The maximum Gasteiger partial charge on any atom is 0.316 e. The molecule has 4 rings (SSSR count). The fourth-order valence-electron chi connectivity index (χ4n) is 5.30. The molecule has 0 spiro atoms. The number of pyridine rings is 1. The Bertz CT molecular complexity index is 1060. The monoisotopic (exact) mass is 489 g/mol. The maximum absolute atomic E-state index is 12.9. The van der Waals surface area contributed by atoms with E-state index in [0.717, 1.165) is 106 Å². The molecule has 1 aromatic carbocycles. The van der Waals surface area contributed by atoms with E-state index >= 15 is 0 Å². The van der Waals surface area contributed by atoms with Gasteiger partial charge in [-0.3, -0.25) is 9.59 Å². The van der Waals surface area contributed by atoms with Crippen molar-refractivity contribution in [3.05, 3.63) is 65.0 Å². The third-order valence-corrected chi connectivity index (χ3v) is 7.36. The summed E-state index contributed by atoms with van der Waals surface area (Å²) in [5.74, 6) is -1.35. The number of nitrogens with zero attached hydrogens (tertiary/aromatic N) is 1. The molecule has 1 aromatic heterocycles. The standard InChI is InChI=1S/C30H39N3O3/c34-29(33-27-18-10-9-16-25(27)22-12-5-4-6-13-22)26(30(35)36)17-8-3-1-2-7-15-24-20-19-23-14-11-21-31-28(23)32-24/h4-6,12-13,19-20,26H,1-3,7-11,14-18,21H2,(H,31,32)(H,33,34)(H,35,36). The average Bonchev–Trinajstić information content (AvgIpc) is 2.90. The van der Waals surface area contributed by atoms with Crippen LogP contribution in [-0.4, -0.2) is 28.5 Å². The zero-order valence-electron chi connectivity index (χ0n) is 21.2. The zero-order valence-corrected chi connectivity index (χ0v) is 21.2. The van der Waals surface area contributed by atoms with Crippen LogP contribution in [0.5, 0.6) is 0 Å². The quantitative estimate of drug-likeness (QED) is 0.247. The summed E-state index contributed by atoms with van der Waals surface area (Å²) in [6.07, 6.45) is 12.3. The van der Waals surface area contributed by atoms with Crippen molar-refractivity contribution >= 4 is 23.3 Å². The van der Waals surface area contributed by atoms with E-state index in [4.69, 9.17) is 4.98 Å². The Kier molecular flexibility index (Phi) is 9.54. The normalized spacial score (nSPS) is 16.1. The van der Waals surface area contributed by atoms with E-state index in [-0.39, 0.29) is 5.91 Å². The van der Waals surface area contributed by atoms with Crippen LogP contribution < -0.4 is 10.6 Å². The van der Waals surface area contributed by atoms with E-state index in [1.165, 1.54) is 12.0 Å². The average molecular weight is 490 g/mol. The van der Waals surface area contributed by atoms with Crippen LogP contribution in [0, 0.1) is 5.92 Å². The lowest BCUT2D eigenvalue weighted by Crippen LogP contribution is -2.35. The first kappa shape index (κ1) is 25.9. The van der Waals surface area contributed by atoms with Crippen LogP contribution in [0.25, 0.3) is 5.57 Å². The minimum atomic E-state index is -1.03. The largest absolute Gasteiger partial charge is 0.481 e. The number of aryl methyl sites for hydroxylation is 2. The fraction of sp³-hybridized carbons (Fsp3) is 0.500. The maximum atomic E-state index is 12.9. The highest BCUT2D eigenvalue weighted by Crippen LogP contribution is 2.31. The lowest BCUT2D eigenvalue weighted by Gasteiger charge is -2.23. The van der Waals surface area contributed by atoms with Crippen LogP contribution in [0.4, 0.5) is 5.82 Å². The number of hydrogen-bond acceptors (Lipinski definition) is 4. The summed E-state index contributed by atoms with van der Waals surface area (Å²) in [6, 6.07) is 14.4. The lowest BCUT2D eigenvalue weighted by molar-refractivity contribution is -0.147. The number of rotatable bonds is 12. The molecule has 0 saturated carbocycles. The SMILES string of the molecule is O=C(O)C(CCCCCCCc1ccc2c(n1)NCCC2)C(=O)NC1=C(c2ccccc2)CCCC1. The van der Waals surface area contributed by atoms with Crippen LogP contribution in [0.15, 0.2) is 48.2 Å². The molecular formula is C30H39N3O3. The third-order valence-electron chi connectivity index (χ3n) is 7.36. The number of carboxylic acids is 1. The number of allylic oxidation sites excluding steroid dienone is 2. The molecule has 2 aromatic rings. The second-order valence-corrected chi connectivity index (χ2v) is 10.1.